The van der Waals surface area contributed by atoms with Gasteiger partial charge < -0.3 is 5.73 Å². The average molecular weight is 226 g/mol. The fraction of sp³-hybridized carbons (Fsp3) is 0.400. The zero-order valence-electron chi connectivity index (χ0n) is 8.53. The van der Waals surface area contributed by atoms with E-state index >= 15 is 0 Å². The monoisotopic (exact) mass is 226 g/mol. The number of rotatable bonds is 2. The topological polar surface area (TPSA) is 72.2 Å². The molecule has 3 N–H and O–H groups in total. The molecule has 0 aliphatic heterocycles. The summed E-state index contributed by atoms with van der Waals surface area (Å²) in [5.41, 5.74) is 8.78. The quantitative estimate of drug-likeness (QED) is 0.790. The van der Waals surface area contributed by atoms with E-state index in [-0.39, 0.29) is 6.04 Å². The van der Waals surface area contributed by atoms with Crippen molar-refractivity contribution >= 4 is 15.7 Å². The van der Waals surface area contributed by atoms with Crippen molar-refractivity contribution in [2.75, 3.05) is 11.0 Å². The molecule has 0 aromatic heterocycles. The van der Waals surface area contributed by atoms with Gasteiger partial charge in [-0.3, -0.25) is 4.72 Å². The normalized spacial score (nSPS) is 20.0. The zero-order valence-corrected chi connectivity index (χ0v) is 9.34. The molecule has 0 spiro atoms. The maximum Gasteiger partial charge on any atom is 0.229 e. The number of anilines is 1. The minimum absolute atomic E-state index is 0.104. The number of benzene rings is 1. The lowest BCUT2D eigenvalue weighted by Gasteiger charge is -2.08. The highest BCUT2D eigenvalue weighted by atomic mass is 32.2. The van der Waals surface area contributed by atoms with Crippen LogP contribution in [-0.4, -0.2) is 14.7 Å². The van der Waals surface area contributed by atoms with Crippen molar-refractivity contribution in [3.63, 3.8) is 0 Å². The minimum Gasteiger partial charge on any atom is -0.324 e. The van der Waals surface area contributed by atoms with E-state index in [2.05, 4.69) is 4.72 Å². The summed E-state index contributed by atoms with van der Waals surface area (Å²) < 4.78 is 24.5. The first-order valence-electron chi connectivity index (χ1n) is 4.82. The molecule has 82 valence electrons. The molecule has 2 rings (SSSR count). The predicted octanol–water partition coefficient (Wildman–Crippen LogP) is 1.00. The fourth-order valence-electron chi connectivity index (χ4n) is 1.93. The second-order valence-corrected chi connectivity index (χ2v) is 5.68. The van der Waals surface area contributed by atoms with E-state index in [9.17, 15) is 8.42 Å². The predicted molar refractivity (Wildman–Crippen MR) is 60.2 cm³/mol. The van der Waals surface area contributed by atoms with E-state index < -0.39 is 10.0 Å². The number of hydrogen-bond acceptors (Lipinski definition) is 3. The van der Waals surface area contributed by atoms with E-state index in [0.717, 1.165) is 30.2 Å². The molecule has 0 saturated heterocycles. The molecule has 1 aliphatic carbocycles. The van der Waals surface area contributed by atoms with Crippen LogP contribution in [0.15, 0.2) is 18.2 Å². The second kappa shape index (κ2) is 3.50. The van der Waals surface area contributed by atoms with Crippen LogP contribution in [0, 0.1) is 0 Å². The Bertz CT molecular complexity index is 482. The molecule has 1 aromatic rings. The van der Waals surface area contributed by atoms with Gasteiger partial charge in [0.2, 0.25) is 10.0 Å². The largest absolute Gasteiger partial charge is 0.324 e. The lowest BCUT2D eigenvalue weighted by Crippen LogP contribution is -2.10. The van der Waals surface area contributed by atoms with Gasteiger partial charge in [0, 0.05) is 11.7 Å². The molecular formula is C10H14N2O2S. The maximum atomic E-state index is 11.0. The van der Waals surface area contributed by atoms with Gasteiger partial charge in [-0.15, -0.1) is 0 Å². The highest BCUT2D eigenvalue weighted by Crippen LogP contribution is 2.31. The zero-order chi connectivity index (χ0) is 11.1. The summed E-state index contributed by atoms with van der Waals surface area (Å²) in [6.45, 7) is 0. The van der Waals surface area contributed by atoms with E-state index in [4.69, 9.17) is 5.73 Å². The van der Waals surface area contributed by atoms with E-state index in [0.29, 0.717) is 5.69 Å². The van der Waals surface area contributed by atoms with Crippen LogP contribution in [0.5, 0.6) is 0 Å². The van der Waals surface area contributed by atoms with Gasteiger partial charge in [-0.2, -0.15) is 0 Å². The van der Waals surface area contributed by atoms with Crippen LogP contribution in [0.25, 0.3) is 0 Å². The number of aryl methyl sites for hydroxylation is 1. The second-order valence-electron chi connectivity index (χ2n) is 3.93. The average Bonchev–Trinajstić information content (AvgIpc) is 2.45. The van der Waals surface area contributed by atoms with Crippen LogP contribution in [0.3, 0.4) is 0 Å². The lowest BCUT2D eigenvalue weighted by atomic mass is 10.1. The van der Waals surface area contributed by atoms with Crippen LogP contribution >= 0.6 is 0 Å². The van der Waals surface area contributed by atoms with Crippen molar-refractivity contribution in [1.29, 1.82) is 0 Å². The number of hydrogen-bond donors (Lipinski definition) is 2. The lowest BCUT2D eigenvalue weighted by molar-refractivity contribution is 0.607. The fourth-order valence-corrected chi connectivity index (χ4v) is 2.48. The summed E-state index contributed by atoms with van der Waals surface area (Å²) in [5.74, 6) is 0. The van der Waals surface area contributed by atoms with Crippen LogP contribution in [0.2, 0.25) is 0 Å². The van der Waals surface area contributed by atoms with Gasteiger partial charge in [-0.25, -0.2) is 8.42 Å². The van der Waals surface area contributed by atoms with Gasteiger partial charge in [0.15, 0.2) is 0 Å². The Morgan fingerprint density at radius 3 is 2.87 bits per heavy atom. The first-order chi connectivity index (χ1) is 6.96. The van der Waals surface area contributed by atoms with Gasteiger partial charge in [0.1, 0.15) is 0 Å². The smallest absolute Gasteiger partial charge is 0.229 e. The molecule has 15 heavy (non-hydrogen) atoms. The van der Waals surface area contributed by atoms with Crippen molar-refractivity contribution in [2.45, 2.75) is 18.9 Å². The number of fused-ring (bicyclic) bond motifs is 1. The van der Waals surface area contributed by atoms with Crippen molar-refractivity contribution in [3.05, 3.63) is 29.3 Å². The van der Waals surface area contributed by atoms with E-state index in [1.54, 1.807) is 6.07 Å². The van der Waals surface area contributed by atoms with Crippen LogP contribution < -0.4 is 10.5 Å². The summed E-state index contributed by atoms with van der Waals surface area (Å²) in [5, 5.41) is 0. The number of nitrogens with two attached hydrogens (primary N) is 1. The van der Waals surface area contributed by atoms with Crippen molar-refractivity contribution in [2.24, 2.45) is 5.73 Å². The highest BCUT2D eigenvalue weighted by Gasteiger charge is 2.19. The third kappa shape index (κ3) is 2.30. The molecule has 0 bridgehead atoms. The van der Waals surface area contributed by atoms with Crippen LogP contribution in [0.1, 0.15) is 23.6 Å². The highest BCUT2D eigenvalue weighted by molar-refractivity contribution is 7.92. The molecule has 1 atom stereocenters. The Morgan fingerprint density at radius 1 is 1.47 bits per heavy atom. The Balaban J connectivity index is 2.31. The first-order valence-corrected chi connectivity index (χ1v) is 6.71. The van der Waals surface area contributed by atoms with Crippen LogP contribution in [-0.2, 0) is 16.4 Å². The molecule has 0 fully saturated rings. The van der Waals surface area contributed by atoms with Crippen molar-refractivity contribution < 1.29 is 8.42 Å². The van der Waals surface area contributed by atoms with Gasteiger partial charge in [-0.1, -0.05) is 6.07 Å². The SMILES string of the molecule is CS(=O)(=O)Nc1ccc2c(c1)CCC2N. The first kappa shape index (κ1) is 10.4. The Labute approximate surface area is 89.5 Å². The molecule has 4 nitrogen and oxygen atoms in total. The summed E-state index contributed by atoms with van der Waals surface area (Å²) in [7, 11) is -3.19. The van der Waals surface area contributed by atoms with E-state index in [1.807, 2.05) is 12.1 Å². The van der Waals surface area contributed by atoms with Crippen molar-refractivity contribution in [3.8, 4) is 0 Å². The number of sulfonamides is 1. The summed E-state index contributed by atoms with van der Waals surface area (Å²) in [4.78, 5) is 0. The summed E-state index contributed by atoms with van der Waals surface area (Å²) >= 11 is 0. The van der Waals surface area contributed by atoms with Gasteiger partial charge in [0.05, 0.1) is 6.26 Å². The third-order valence-corrected chi connectivity index (χ3v) is 3.18. The Kier molecular flexibility index (Phi) is 2.44. The molecule has 1 unspecified atom stereocenters. The summed E-state index contributed by atoms with van der Waals surface area (Å²) in [6, 6.07) is 5.63. The molecule has 1 aromatic carbocycles. The van der Waals surface area contributed by atoms with Gasteiger partial charge in [0.25, 0.3) is 0 Å². The maximum absolute atomic E-state index is 11.0. The molecular weight excluding hydrogens is 212 g/mol. The van der Waals surface area contributed by atoms with Crippen molar-refractivity contribution in [1.82, 2.24) is 0 Å². The third-order valence-electron chi connectivity index (χ3n) is 2.57. The summed E-state index contributed by atoms with van der Waals surface area (Å²) in [6.07, 6.45) is 3.01. The van der Waals surface area contributed by atoms with E-state index in [1.165, 1.54) is 0 Å². The van der Waals surface area contributed by atoms with Crippen LogP contribution in [0.4, 0.5) is 5.69 Å². The molecule has 0 heterocycles. The molecule has 1 aliphatic rings. The standard InChI is InChI=1S/C10H14N2O2S/c1-15(13,14)12-8-3-4-9-7(6-8)2-5-10(9)11/h3-4,6,10,12H,2,5,11H2,1H3. The number of nitrogens with one attached hydrogen (secondary N) is 1. The molecule has 0 amide bonds. The molecule has 0 radical (unpaired) electrons. The Morgan fingerprint density at radius 2 is 2.20 bits per heavy atom. The molecule has 0 saturated carbocycles. The minimum atomic E-state index is -3.19. The molecule has 5 heteroatoms. The van der Waals surface area contributed by atoms with Gasteiger partial charge in [-0.05, 0) is 36.1 Å². The Hall–Kier alpha value is -1.07. The van der Waals surface area contributed by atoms with Gasteiger partial charge >= 0.3 is 0 Å².